The molecule has 0 spiro atoms. The molecule has 9 N–H and O–H groups in total. The summed E-state index contributed by atoms with van der Waals surface area (Å²) in [6.07, 6.45) is 2.94. The summed E-state index contributed by atoms with van der Waals surface area (Å²) in [7, 11) is 6.08. The maximum atomic E-state index is 14.8. The first-order valence-corrected chi connectivity index (χ1v) is 32.9. The van der Waals surface area contributed by atoms with E-state index in [0.29, 0.717) is 61.9 Å². The van der Waals surface area contributed by atoms with Crippen LogP contribution in [0.5, 0.6) is 0 Å². The molecule has 2 heterocycles. The summed E-state index contributed by atoms with van der Waals surface area (Å²) in [5.41, 5.74) is 6.77. The van der Waals surface area contributed by atoms with Crippen LogP contribution in [0.1, 0.15) is 151 Å². The highest BCUT2D eigenvalue weighted by atomic mass is 16.6. The maximum absolute atomic E-state index is 14.8. The Kier molecular flexibility index (Phi) is 32.1. The third-order valence-electron chi connectivity index (χ3n) is 17.7. The summed E-state index contributed by atoms with van der Waals surface area (Å²) in [6.45, 7) is 18.6. The Balaban J connectivity index is 1.37. The molecule has 0 aromatic heterocycles. The number of urea groups is 1. The number of anilines is 1. The summed E-state index contributed by atoms with van der Waals surface area (Å²) in [6, 6.07) is 8.74. The topological polar surface area (TPSA) is 347 Å². The fourth-order valence-electron chi connectivity index (χ4n) is 12.1. The molecule has 3 unspecified atom stereocenters. The molecular weight excluding hydrogens is 1210 g/mol. The summed E-state index contributed by atoms with van der Waals surface area (Å²) in [5, 5.41) is 27.6. The van der Waals surface area contributed by atoms with Gasteiger partial charge in [-0.25, -0.2) is 9.59 Å². The third kappa shape index (κ3) is 22.9. The van der Waals surface area contributed by atoms with Gasteiger partial charge in [-0.3, -0.25) is 53.0 Å². The number of hydrogen-bond acceptors (Lipinski definition) is 15. The zero-order chi connectivity index (χ0) is 70.1. The second kappa shape index (κ2) is 38.4. The van der Waals surface area contributed by atoms with Gasteiger partial charge in [0.05, 0.1) is 48.8 Å². The van der Waals surface area contributed by atoms with Gasteiger partial charge in [-0.1, -0.05) is 118 Å². The number of imide groups is 1. The number of methoxy groups -OCH3 is 2. The Morgan fingerprint density at radius 3 is 1.93 bits per heavy atom. The molecule has 0 saturated carbocycles. The lowest BCUT2D eigenvalue weighted by Gasteiger charge is -2.41. The number of rotatable bonds is 38. The first-order chi connectivity index (χ1) is 44.5. The lowest BCUT2D eigenvalue weighted by molar-refractivity contribution is -0.148. The molecule has 12 atom stereocenters. The molecule has 4 rings (SSSR count). The van der Waals surface area contributed by atoms with Crippen LogP contribution in [0.4, 0.5) is 15.3 Å². The average Bonchev–Trinajstić information content (AvgIpc) is 1.33. The van der Waals surface area contributed by atoms with Crippen molar-refractivity contribution >= 4 is 71.0 Å². The quantitative estimate of drug-likeness (QED) is 0.0321. The van der Waals surface area contributed by atoms with Crippen molar-refractivity contribution in [2.75, 3.05) is 53.3 Å². The molecule has 0 bridgehead atoms. The predicted octanol–water partition coefficient (Wildman–Crippen LogP) is 5.08. The number of hydrogen-bond donors (Lipinski definition) is 8. The molecule has 1 fully saturated rings. The number of likely N-dealkylation sites (tertiary alicyclic amines) is 1. The lowest BCUT2D eigenvalue weighted by atomic mass is 9.89. The summed E-state index contributed by atoms with van der Waals surface area (Å²) < 4.78 is 17.7. The molecule has 0 radical (unpaired) electrons. The SMILES string of the molecule is CC[C@H](C)[C@@H]([C@@H](CC(=O)N1CCCC1[C@H](OC)[C@@H](C)C(=O)N[C@H](C)[C@@H](O)c1ccccc1)OC)N(C)C(=O)[C@@H](NC(=O)C(C(C)C)N(C)C(=O)OCc1ccc(NC(=O)[C@H](CCCNC(N)=O)NC(=O)C(NC(=O)CCCCCN2C(=O)C=CC2=O)C(C)C)cc1)C(C)C. The Morgan fingerprint density at radius 2 is 1.35 bits per heavy atom. The van der Waals surface area contributed by atoms with Crippen molar-refractivity contribution in [2.24, 2.45) is 35.3 Å². The largest absolute Gasteiger partial charge is 0.445 e. The zero-order valence-corrected chi connectivity index (χ0v) is 57.4. The highest BCUT2D eigenvalue weighted by Gasteiger charge is 2.44. The number of aliphatic hydroxyl groups excluding tert-OH is 1. The molecule has 2 aromatic rings. The van der Waals surface area contributed by atoms with Gasteiger partial charge in [0, 0.05) is 72.2 Å². The van der Waals surface area contributed by atoms with Gasteiger partial charge in [0.1, 0.15) is 30.8 Å². The Hall–Kier alpha value is -7.97. The number of nitrogens with one attached hydrogen (secondary N) is 6. The van der Waals surface area contributed by atoms with Gasteiger partial charge < -0.3 is 66.8 Å². The number of likely N-dealkylation sites (N-methyl/N-ethyl adjacent to an activating group) is 2. The van der Waals surface area contributed by atoms with Crippen molar-refractivity contribution in [2.45, 2.75) is 201 Å². The van der Waals surface area contributed by atoms with E-state index in [4.69, 9.17) is 19.9 Å². The number of primary amides is 1. The van der Waals surface area contributed by atoms with Crippen LogP contribution < -0.4 is 37.6 Å². The second-order valence-corrected chi connectivity index (χ2v) is 25.8. The van der Waals surface area contributed by atoms with Crippen LogP contribution in [0, 0.1) is 29.6 Å². The van der Waals surface area contributed by atoms with Crippen LogP contribution in [0.15, 0.2) is 66.7 Å². The van der Waals surface area contributed by atoms with Gasteiger partial charge in [0.25, 0.3) is 11.8 Å². The third-order valence-corrected chi connectivity index (χ3v) is 17.7. The van der Waals surface area contributed by atoms with Crippen molar-refractivity contribution in [3.63, 3.8) is 0 Å². The molecule has 26 heteroatoms. The summed E-state index contributed by atoms with van der Waals surface area (Å²) >= 11 is 0. The van der Waals surface area contributed by atoms with Crippen molar-refractivity contribution < 1.29 is 72.1 Å². The predicted molar refractivity (Wildman–Crippen MR) is 353 cm³/mol. The van der Waals surface area contributed by atoms with Crippen molar-refractivity contribution in [3.8, 4) is 0 Å². The average molecular weight is 1320 g/mol. The van der Waals surface area contributed by atoms with E-state index in [1.165, 1.54) is 38.3 Å². The van der Waals surface area contributed by atoms with E-state index in [0.717, 1.165) is 4.90 Å². The Morgan fingerprint density at radius 1 is 0.713 bits per heavy atom. The van der Waals surface area contributed by atoms with Crippen LogP contribution in [-0.4, -0.2) is 192 Å². The van der Waals surface area contributed by atoms with Crippen LogP contribution in [0.3, 0.4) is 0 Å². The minimum atomic E-state index is -1.11. The fourth-order valence-corrected chi connectivity index (χ4v) is 12.1. The van der Waals surface area contributed by atoms with Gasteiger partial charge in [-0.15, -0.1) is 0 Å². The van der Waals surface area contributed by atoms with Crippen molar-refractivity contribution in [1.29, 1.82) is 0 Å². The van der Waals surface area contributed by atoms with Gasteiger partial charge in [0.15, 0.2) is 0 Å². The minimum absolute atomic E-state index is 0.0841. The molecule has 2 aliphatic rings. The normalized spacial score (nSPS) is 17.4. The summed E-state index contributed by atoms with van der Waals surface area (Å²) in [4.78, 5) is 152. The number of ether oxygens (including phenoxy) is 3. The molecule has 94 heavy (non-hydrogen) atoms. The second-order valence-electron chi connectivity index (χ2n) is 25.8. The zero-order valence-electron chi connectivity index (χ0n) is 57.4. The van der Waals surface area contributed by atoms with Crippen molar-refractivity contribution in [1.82, 2.24) is 46.2 Å². The van der Waals surface area contributed by atoms with Gasteiger partial charge in [-0.05, 0) is 92.4 Å². The number of carbonyl (C=O) groups is 11. The van der Waals surface area contributed by atoms with Gasteiger partial charge >= 0.3 is 12.1 Å². The highest BCUT2D eigenvalue weighted by Crippen LogP contribution is 2.31. The van der Waals surface area contributed by atoms with Crippen LogP contribution in [0.25, 0.3) is 0 Å². The number of amides is 12. The number of nitrogens with zero attached hydrogens (tertiary/aromatic N) is 4. The first kappa shape index (κ1) is 78.5. The number of unbranched alkanes of at least 4 members (excludes halogenated alkanes) is 2. The van der Waals surface area contributed by atoms with E-state index < -0.39 is 114 Å². The van der Waals surface area contributed by atoms with E-state index in [9.17, 15) is 57.8 Å². The number of benzene rings is 2. The smallest absolute Gasteiger partial charge is 0.410 e. The lowest BCUT2D eigenvalue weighted by Crippen LogP contribution is -2.60. The number of aliphatic hydroxyl groups is 1. The number of carbonyl (C=O) groups excluding carboxylic acids is 11. The molecule has 2 aromatic carbocycles. The molecule has 26 nitrogen and oxygen atoms in total. The minimum Gasteiger partial charge on any atom is -0.445 e. The van der Waals surface area contributed by atoms with E-state index in [1.54, 1.807) is 109 Å². The monoisotopic (exact) mass is 1320 g/mol. The fraction of sp³-hybridized carbons (Fsp3) is 0.632. The Bertz CT molecular complexity index is 2880. The van der Waals surface area contributed by atoms with Crippen LogP contribution in [0.2, 0.25) is 0 Å². The van der Waals surface area contributed by atoms with Gasteiger partial charge in [-0.2, -0.15) is 0 Å². The van der Waals surface area contributed by atoms with E-state index in [1.807, 2.05) is 32.0 Å². The van der Waals surface area contributed by atoms with Crippen LogP contribution in [-0.2, 0) is 64.0 Å². The standard InChI is InChI=1S/C68H105N11O15/c1-15-43(8)59(51(92-13)38-55(83)78-37-23-27-50(78)61(93-14)44(9)62(85)71-45(10)60(84)47-24-18-16-19-25-47)76(11)66(89)57(41(4)5)75-65(88)58(42(6)7)77(12)68(91)94-39-46-29-31-48(32-30-46)72-63(86)49(26-22-35-70-67(69)90)73-64(87)56(40(2)3)74-52(80)28-20-17-21-36-79-53(81)33-34-54(79)82/h16,18-19,24-25,29-34,40-45,49-51,56-61,84H,15,17,20-23,26-28,35-39H2,1-14H3,(H,71,85)(H,72,86)(H,73,87)(H,74,80)(H,75,88)(H3,69,70,90)/t43-,44+,45+,49-,50?,51+,56?,57-,58?,59-,60+,61+/m0/s1. The van der Waals surface area contributed by atoms with E-state index >= 15 is 0 Å². The maximum Gasteiger partial charge on any atom is 0.410 e. The molecule has 12 amide bonds. The molecule has 0 aliphatic carbocycles. The molecule has 2 aliphatic heterocycles. The molecule has 522 valence electrons. The molecular formula is C68H105N11O15. The van der Waals surface area contributed by atoms with Gasteiger partial charge in [0.2, 0.25) is 41.4 Å². The Labute approximate surface area is 554 Å². The molecule has 1 saturated heterocycles. The summed E-state index contributed by atoms with van der Waals surface area (Å²) in [5.74, 6) is -6.02. The van der Waals surface area contributed by atoms with Crippen molar-refractivity contribution in [3.05, 3.63) is 77.9 Å². The highest BCUT2D eigenvalue weighted by molar-refractivity contribution is 6.12. The van der Waals surface area contributed by atoms with E-state index in [2.05, 4.69) is 31.9 Å². The van der Waals surface area contributed by atoms with E-state index in [-0.39, 0.29) is 86.8 Å². The van der Waals surface area contributed by atoms with Crippen LogP contribution >= 0.6 is 0 Å². The number of nitrogens with two attached hydrogens (primary N) is 1. The first-order valence-electron chi connectivity index (χ1n) is 32.9.